The molecule has 0 aromatic heterocycles. The number of ether oxygens (including phenoxy) is 1. The van der Waals surface area contributed by atoms with Crippen molar-refractivity contribution in [2.24, 2.45) is 0 Å². The van der Waals surface area contributed by atoms with Gasteiger partial charge in [-0.05, 0) is 66.0 Å². The molecule has 0 aromatic rings. The average molecular weight is 430 g/mol. The van der Waals surface area contributed by atoms with E-state index in [9.17, 15) is 0 Å². The van der Waals surface area contributed by atoms with Gasteiger partial charge in [0, 0.05) is 17.0 Å². The first-order chi connectivity index (χ1) is 13.8. The second-order valence-electron chi connectivity index (χ2n) is 7.69. The molecule has 0 bridgehead atoms. The molecule has 2 nitrogen and oxygen atoms in total. The molecule has 3 heterocycles. The number of allylic oxidation sites excluding steroid dienone is 9. The molecule has 3 aliphatic heterocycles. The molecule has 0 aromatic carbocycles. The zero-order valence-electron chi connectivity index (χ0n) is 15.8. The van der Waals surface area contributed by atoms with Gasteiger partial charge in [-0.25, -0.2) is 0 Å². The summed E-state index contributed by atoms with van der Waals surface area (Å²) in [6, 6.07) is 0. The zero-order chi connectivity index (χ0) is 19.0. The molecule has 0 radical (unpaired) electrons. The summed E-state index contributed by atoms with van der Waals surface area (Å²) in [5, 5.41) is 5.10. The molecule has 28 heavy (non-hydrogen) atoms. The van der Waals surface area contributed by atoms with E-state index >= 15 is 0 Å². The van der Waals surface area contributed by atoms with Crippen molar-refractivity contribution in [2.75, 3.05) is 32.8 Å². The van der Waals surface area contributed by atoms with Crippen LogP contribution in [0.1, 0.15) is 19.3 Å². The van der Waals surface area contributed by atoms with E-state index in [0.717, 1.165) is 24.6 Å². The number of hydrogen-bond acceptors (Lipinski definition) is 4. The number of fused-ring (bicyclic) bond motifs is 1. The minimum Gasteiger partial charge on any atom is -0.375 e. The van der Waals surface area contributed by atoms with Crippen LogP contribution >= 0.6 is 35.1 Å². The fourth-order valence-corrected chi connectivity index (χ4v) is 6.98. The fourth-order valence-electron chi connectivity index (χ4n) is 4.53. The Kier molecular flexibility index (Phi) is 5.50. The standard InChI is InChI=1S/C23H24ClNOS2/c24-21-16-27-15-17-5-6-18-7-8-19(14-26-13-12-25-10-1-2-11-25)28-23(18)9-3-4-20(23)22(17)21/h3-8,15-16H,1-2,9-14H2. The molecular weight excluding hydrogens is 406 g/mol. The summed E-state index contributed by atoms with van der Waals surface area (Å²) in [7, 11) is 0. The predicted octanol–water partition coefficient (Wildman–Crippen LogP) is 5.93. The van der Waals surface area contributed by atoms with Crippen molar-refractivity contribution in [3.63, 3.8) is 0 Å². The molecule has 5 rings (SSSR count). The highest BCUT2D eigenvalue weighted by atomic mass is 35.5. The highest BCUT2D eigenvalue weighted by molar-refractivity contribution is 8.05. The smallest absolute Gasteiger partial charge is 0.0776 e. The predicted molar refractivity (Wildman–Crippen MR) is 123 cm³/mol. The van der Waals surface area contributed by atoms with Gasteiger partial charge in [0.05, 0.1) is 23.0 Å². The Morgan fingerprint density at radius 1 is 1.11 bits per heavy atom. The van der Waals surface area contributed by atoms with E-state index in [4.69, 9.17) is 16.3 Å². The minimum atomic E-state index is -0.0696. The van der Waals surface area contributed by atoms with Crippen LogP contribution in [0.2, 0.25) is 0 Å². The third-order valence-corrected chi connectivity index (χ3v) is 8.62. The van der Waals surface area contributed by atoms with E-state index in [1.807, 2.05) is 17.2 Å². The molecule has 1 unspecified atom stereocenters. The van der Waals surface area contributed by atoms with Crippen molar-refractivity contribution in [2.45, 2.75) is 24.0 Å². The lowest BCUT2D eigenvalue weighted by Gasteiger charge is -2.36. The van der Waals surface area contributed by atoms with Crippen LogP contribution in [0.15, 0.2) is 79.5 Å². The van der Waals surface area contributed by atoms with Crippen molar-refractivity contribution < 1.29 is 4.74 Å². The van der Waals surface area contributed by atoms with Crippen molar-refractivity contribution in [1.82, 2.24) is 4.90 Å². The second kappa shape index (κ2) is 8.08. The Labute approximate surface area is 180 Å². The molecule has 1 spiro atoms. The lowest BCUT2D eigenvalue weighted by molar-refractivity contribution is 0.132. The molecule has 5 aliphatic rings. The van der Waals surface area contributed by atoms with Gasteiger partial charge >= 0.3 is 0 Å². The first kappa shape index (κ1) is 19.1. The monoisotopic (exact) mass is 429 g/mol. The number of likely N-dealkylation sites (tertiary alicyclic amines) is 1. The quantitative estimate of drug-likeness (QED) is 0.501. The van der Waals surface area contributed by atoms with Crippen LogP contribution in [0.25, 0.3) is 0 Å². The van der Waals surface area contributed by atoms with Crippen LogP contribution in [0.5, 0.6) is 0 Å². The summed E-state index contributed by atoms with van der Waals surface area (Å²) >= 11 is 10.3. The van der Waals surface area contributed by atoms with Gasteiger partial charge in [-0.1, -0.05) is 42.0 Å². The van der Waals surface area contributed by atoms with Crippen LogP contribution in [0, 0.1) is 0 Å². The molecular formula is C23H24ClNOS2. The molecule has 0 N–H and O–H groups in total. The summed E-state index contributed by atoms with van der Waals surface area (Å²) in [6.45, 7) is 5.02. The fraction of sp³-hybridized carbons (Fsp3) is 0.391. The number of hydrogen-bond donors (Lipinski definition) is 0. The Morgan fingerprint density at radius 3 is 2.89 bits per heavy atom. The summed E-state index contributed by atoms with van der Waals surface area (Å²) in [5.41, 5.74) is 5.11. The molecule has 1 saturated heterocycles. The van der Waals surface area contributed by atoms with Gasteiger partial charge in [-0.2, -0.15) is 0 Å². The van der Waals surface area contributed by atoms with Crippen LogP contribution in [-0.2, 0) is 4.74 Å². The molecule has 146 valence electrons. The van der Waals surface area contributed by atoms with Crippen LogP contribution in [0.3, 0.4) is 0 Å². The number of halogens is 1. The maximum atomic E-state index is 6.66. The van der Waals surface area contributed by atoms with Gasteiger partial charge in [0.2, 0.25) is 0 Å². The normalized spacial score (nSPS) is 28.9. The lowest BCUT2D eigenvalue weighted by Crippen LogP contribution is -2.29. The number of nitrogens with zero attached hydrogens (tertiary/aromatic N) is 1. The molecule has 1 fully saturated rings. The molecule has 1 atom stereocenters. The summed E-state index contributed by atoms with van der Waals surface area (Å²) < 4.78 is 5.98. The molecule has 0 saturated carbocycles. The second-order valence-corrected chi connectivity index (χ2v) is 10.3. The summed E-state index contributed by atoms with van der Waals surface area (Å²) in [5.74, 6) is 0. The van der Waals surface area contributed by atoms with Gasteiger partial charge in [0.1, 0.15) is 0 Å². The van der Waals surface area contributed by atoms with Gasteiger partial charge in [0.15, 0.2) is 0 Å². The number of rotatable bonds is 5. The highest BCUT2D eigenvalue weighted by Gasteiger charge is 2.44. The minimum absolute atomic E-state index is 0.0696. The summed E-state index contributed by atoms with van der Waals surface area (Å²) in [6.07, 6.45) is 17.3. The maximum absolute atomic E-state index is 6.66. The highest BCUT2D eigenvalue weighted by Crippen LogP contribution is 2.57. The topological polar surface area (TPSA) is 12.5 Å². The van der Waals surface area contributed by atoms with E-state index in [2.05, 4.69) is 46.8 Å². The van der Waals surface area contributed by atoms with E-state index in [-0.39, 0.29) is 4.75 Å². The Bertz CT molecular complexity index is 886. The SMILES string of the molecule is ClC1=CSC=C2C=CC3=CC=C(COCCN4CCCC4)SC34CC=CC4=C12. The maximum Gasteiger partial charge on any atom is 0.0776 e. The Balaban J connectivity index is 1.35. The number of thioether (sulfide) groups is 2. The first-order valence-corrected chi connectivity index (χ1v) is 12.1. The van der Waals surface area contributed by atoms with E-state index in [1.165, 1.54) is 53.1 Å². The average Bonchev–Trinajstić information content (AvgIpc) is 3.33. The Morgan fingerprint density at radius 2 is 2.00 bits per heavy atom. The van der Waals surface area contributed by atoms with E-state index in [1.54, 1.807) is 11.8 Å². The van der Waals surface area contributed by atoms with Gasteiger partial charge in [0.25, 0.3) is 0 Å². The molecule has 0 amide bonds. The molecule has 2 aliphatic carbocycles. The molecule has 5 heteroatoms. The lowest BCUT2D eigenvalue weighted by atomic mass is 9.88. The van der Waals surface area contributed by atoms with Gasteiger partial charge < -0.3 is 9.64 Å². The van der Waals surface area contributed by atoms with Gasteiger partial charge in [-0.3, -0.25) is 0 Å². The largest absolute Gasteiger partial charge is 0.375 e. The third kappa shape index (κ3) is 3.44. The van der Waals surface area contributed by atoms with Crippen LogP contribution in [-0.4, -0.2) is 42.5 Å². The van der Waals surface area contributed by atoms with E-state index in [0.29, 0.717) is 6.61 Å². The van der Waals surface area contributed by atoms with Crippen molar-refractivity contribution in [3.8, 4) is 0 Å². The zero-order valence-corrected chi connectivity index (χ0v) is 18.2. The van der Waals surface area contributed by atoms with Crippen molar-refractivity contribution in [1.29, 1.82) is 0 Å². The summed E-state index contributed by atoms with van der Waals surface area (Å²) in [4.78, 5) is 3.81. The van der Waals surface area contributed by atoms with E-state index < -0.39 is 0 Å². The Hall–Kier alpha value is -0.910. The third-order valence-electron chi connectivity index (χ3n) is 5.95. The van der Waals surface area contributed by atoms with Crippen LogP contribution < -0.4 is 0 Å². The van der Waals surface area contributed by atoms with Crippen LogP contribution in [0.4, 0.5) is 0 Å². The van der Waals surface area contributed by atoms with Gasteiger partial charge in [-0.15, -0.1) is 23.5 Å². The van der Waals surface area contributed by atoms with Crippen molar-refractivity contribution in [3.05, 3.63) is 79.5 Å². The first-order valence-electron chi connectivity index (χ1n) is 9.98. The van der Waals surface area contributed by atoms with Crippen molar-refractivity contribution >= 4 is 35.1 Å².